The maximum absolute atomic E-state index is 13.4. The van der Waals surface area contributed by atoms with Gasteiger partial charge in [-0.15, -0.1) is 0 Å². The molecule has 0 saturated carbocycles. The van der Waals surface area contributed by atoms with E-state index in [0.29, 0.717) is 0 Å². The fourth-order valence-corrected chi connectivity index (χ4v) is 1.69. The molecular formula is C14H11F2NO4. The van der Waals surface area contributed by atoms with Crippen molar-refractivity contribution in [1.29, 1.82) is 0 Å². The van der Waals surface area contributed by atoms with Crippen molar-refractivity contribution in [3.05, 3.63) is 59.1 Å². The highest BCUT2D eigenvalue weighted by Crippen LogP contribution is 2.11. The molecule has 0 atom stereocenters. The summed E-state index contributed by atoms with van der Waals surface area (Å²) in [7, 11) is 0. The first-order chi connectivity index (χ1) is 9.95. The standard InChI is InChI=1S/C14H11F2NO4/c15-9-1-3-11(16)8(5-9)6-13(18)17-7-10-2-4-12(21-10)14(19)20/h1-5H,6-7H2,(H,17,18)(H,19,20). The van der Waals surface area contributed by atoms with Crippen LogP contribution in [-0.2, 0) is 17.8 Å². The van der Waals surface area contributed by atoms with Gasteiger partial charge in [0.15, 0.2) is 0 Å². The Morgan fingerprint density at radius 2 is 1.95 bits per heavy atom. The first-order valence-electron chi connectivity index (χ1n) is 5.98. The predicted molar refractivity (Wildman–Crippen MR) is 67.6 cm³/mol. The number of hydrogen-bond donors (Lipinski definition) is 2. The quantitative estimate of drug-likeness (QED) is 0.885. The summed E-state index contributed by atoms with van der Waals surface area (Å²) in [4.78, 5) is 22.2. The van der Waals surface area contributed by atoms with Gasteiger partial charge in [-0.1, -0.05) is 0 Å². The molecule has 0 unspecified atom stereocenters. The van der Waals surface area contributed by atoms with Crippen LogP contribution in [0.2, 0.25) is 0 Å². The number of halogens is 2. The number of hydrogen-bond acceptors (Lipinski definition) is 3. The molecule has 1 aromatic carbocycles. The maximum Gasteiger partial charge on any atom is 0.371 e. The van der Waals surface area contributed by atoms with E-state index in [1.54, 1.807) is 0 Å². The average Bonchev–Trinajstić information content (AvgIpc) is 2.90. The molecule has 1 heterocycles. The number of benzene rings is 1. The van der Waals surface area contributed by atoms with Crippen LogP contribution in [-0.4, -0.2) is 17.0 Å². The summed E-state index contributed by atoms with van der Waals surface area (Å²) in [6.07, 6.45) is -0.323. The first kappa shape index (κ1) is 14.7. The lowest BCUT2D eigenvalue weighted by molar-refractivity contribution is -0.120. The van der Waals surface area contributed by atoms with Gasteiger partial charge >= 0.3 is 5.97 Å². The second-order valence-electron chi connectivity index (χ2n) is 4.26. The van der Waals surface area contributed by atoms with Crippen molar-refractivity contribution >= 4 is 11.9 Å². The number of rotatable bonds is 5. The highest BCUT2D eigenvalue weighted by molar-refractivity contribution is 5.84. The number of carboxylic acid groups (broad SMARTS) is 1. The molecular weight excluding hydrogens is 284 g/mol. The van der Waals surface area contributed by atoms with Gasteiger partial charge in [-0.3, -0.25) is 4.79 Å². The summed E-state index contributed by atoms with van der Waals surface area (Å²) in [6.45, 7) is -0.0386. The lowest BCUT2D eigenvalue weighted by Gasteiger charge is -2.05. The van der Waals surface area contributed by atoms with Crippen LogP contribution in [0.4, 0.5) is 8.78 Å². The van der Waals surface area contributed by atoms with E-state index in [4.69, 9.17) is 9.52 Å². The molecule has 2 aromatic rings. The zero-order chi connectivity index (χ0) is 15.4. The third-order valence-corrected chi connectivity index (χ3v) is 2.69. The molecule has 7 heteroatoms. The molecule has 110 valence electrons. The van der Waals surface area contributed by atoms with Crippen molar-refractivity contribution in [1.82, 2.24) is 5.32 Å². The molecule has 0 radical (unpaired) electrons. The average molecular weight is 295 g/mol. The van der Waals surface area contributed by atoms with E-state index in [1.165, 1.54) is 12.1 Å². The molecule has 0 spiro atoms. The molecule has 2 rings (SSSR count). The van der Waals surface area contributed by atoms with Gasteiger partial charge in [0.05, 0.1) is 13.0 Å². The Hall–Kier alpha value is -2.70. The Kier molecular flexibility index (Phi) is 4.32. The Labute approximate surface area is 118 Å². The molecule has 0 aliphatic rings. The van der Waals surface area contributed by atoms with Crippen LogP contribution in [0, 0.1) is 11.6 Å². The minimum atomic E-state index is -1.21. The molecule has 1 amide bonds. The summed E-state index contributed by atoms with van der Waals surface area (Å²) in [5, 5.41) is 11.1. The van der Waals surface area contributed by atoms with Crippen LogP contribution in [0.5, 0.6) is 0 Å². The summed E-state index contributed by atoms with van der Waals surface area (Å²) in [5.74, 6) is -3.04. The van der Waals surface area contributed by atoms with Crippen LogP contribution < -0.4 is 5.32 Å². The van der Waals surface area contributed by atoms with E-state index in [0.717, 1.165) is 18.2 Å². The lowest BCUT2D eigenvalue weighted by Crippen LogP contribution is -2.24. The summed E-state index contributed by atoms with van der Waals surface area (Å²) >= 11 is 0. The molecule has 1 aromatic heterocycles. The molecule has 2 N–H and O–H groups in total. The summed E-state index contributed by atoms with van der Waals surface area (Å²) < 4.78 is 31.3. The Bertz CT molecular complexity index is 681. The van der Waals surface area contributed by atoms with Crippen molar-refractivity contribution in [2.24, 2.45) is 0 Å². The van der Waals surface area contributed by atoms with Gasteiger partial charge in [0, 0.05) is 5.56 Å². The number of amides is 1. The Morgan fingerprint density at radius 3 is 2.62 bits per heavy atom. The number of aromatic carboxylic acids is 1. The third kappa shape index (κ3) is 3.88. The van der Waals surface area contributed by atoms with Crippen molar-refractivity contribution in [3.63, 3.8) is 0 Å². The molecule has 5 nitrogen and oxygen atoms in total. The molecule has 0 aliphatic carbocycles. The zero-order valence-corrected chi connectivity index (χ0v) is 10.7. The molecule has 21 heavy (non-hydrogen) atoms. The molecule has 0 saturated heterocycles. The Morgan fingerprint density at radius 1 is 1.19 bits per heavy atom. The van der Waals surface area contributed by atoms with Crippen LogP contribution >= 0.6 is 0 Å². The van der Waals surface area contributed by atoms with E-state index in [1.807, 2.05) is 0 Å². The lowest BCUT2D eigenvalue weighted by atomic mass is 10.1. The predicted octanol–water partition coefficient (Wildman–Crippen LogP) is 2.11. The molecule has 0 bridgehead atoms. The highest BCUT2D eigenvalue weighted by atomic mass is 19.1. The normalized spacial score (nSPS) is 10.4. The SMILES string of the molecule is O=C(Cc1cc(F)ccc1F)NCc1ccc(C(=O)O)o1. The van der Waals surface area contributed by atoms with Gasteiger partial charge in [-0.05, 0) is 30.3 Å². The number of carboxylic acids is 1. The van der Waals surface area contributed by atoms with E-state index < -0.39 is 23.5 Å². The minimum absolute atomic E-state index is 0.0386. The second-order valence-corrected chi connectivity index (χ2v) is 4.26. The largest absolute Gasteiger partial charge is 0.475 e. The second kappa shape index (κ2) is 6.17. The highest BCUT2D eigenvalue weighted by Gasteiger charge is 2.12. The fourth-order valence-electron chi connectivity index (χ4n) is 1.69. The topological polar surface area (TPSA) is 79.5 Å². The van der Waals surface area contributed by atoms with Gasteiger partial charge in [-0.25, -0.2) is 13.6 Å². The van der Waals surface area contributed by atoms with Crippen LogP contribution in [0.3, 0.4) is 0 Å². The zero-order valence-electron chi connectivity index (χ0n) is 10.7. The smallest absolute Gasteiger partial charge is 0.371 e. The van der Waals surface area contributed by atoms with Crippen LogP contribution in [0.25, 0.3) is 0 Å². The van der Waals surface area contributed by atoms with Crippen molar-refractivity contribution in [2.75, 3.05) is 0 Å². The van der Waals surface area contributed by atoms with E-state index in [-0.39, 0.29) is 30.0 Å². The fraction of sp³-hybridized carbons (Fsp3) is 0.143. The van der Waals surface area contributed by atoms with Gasteiger partial charge in [0.1, 0.15) is 17.4 Å². The molecule has 0 fully saturated rings. The van der Waals surface area contributed by atoms with Gasteiger partial charge in [0.25, 0.3) is 0 Å². The van der Waals surface area contributed by atoms with Gasteiger partial charge in [-0.2, -0.15) is 0 Å². The van der Waals surface area contributed by atoms with Gasteiger partial charge in [0.2, 0.25) is 11.7 Å². The minimum Gasteiger partial charge on any atom is -0.475 e. The summed E-state index contributed by atoms with van der Waals surface area (Å²) in [6, 6.07) is 5.53. The van der Waals surface area contributed by atoms with Crippen molar-refractivity contribution in [2.45, 2.75) is 13.0 Å². The number of carbonyl (C=O) groups excluding carboxylic acids is 1. The van der Waals surface area contributed by atoms with Crippen LogP contribution in [0.15, 0.2) is 34.7 Å². The number of nitrogens with one attached hydrogen (secondary N) is 1. The van der Waals surface area contributed by atoms with Gasteiger partial charge < -0.3 is 14.8 Å². The monoisotopic (exact) mass is 295 g/mol. The summed E-state index contributed by atoms with van der Waals surface area (Å²) in [5.41, 5.74) is -0.0573. The van der Waals surface area contributed by atoms with Crippen molar-refractivity contribution in [3.8, 4) is 0 Å². The third-order valence-electron chi connectivity index (χ3n) is 2.69. The number of carbonyl (C=O) groups is 2. The van der Waals surface area contributed by atoms with E-state index in [9.17, 15) is 18.4 Å². The number of furan rings is 1. The van der Waals surface area contributed by atoms with Crippen LogP contribution in [0.1, 0.15) is 21.9 Å². The van der Waals surface area contributed by atoms with Crippen molar-refractivity contribution < 1.29 is 27.9 Å². The maximum atomic E-state index is 13.4. The van der Waals surface area contributed by atoms with E-state index >= 15 is 0 Å². The van der Waals surface area contributed by atoms with E-state index in [2.05, 4.69) is 5.32 Å². The first-order valence-corrected chi connectivity index (χ1v) is 5.98. The Balaban J connectivity index is 1.92. The molecule has 0 aliphatic heterocycles.